The maximum atomic E-state index is 11.8. The highest BCUT2D eigenvalue weighted by Crippen LogP contribution is 2.21. The van der Waals surface area contributed by atoms with Gasteiger partial charge >= 0.3 is 6.03 Å². The molecular formula is C17H25N3O3. The second kappa shape index (κ2) is 8.17. The first-order chi connectivity index (χ1) is 11.3. The van der Waals surface area contributed by atoms with Gasteiger partial charge in [-0.2, -0.15) is 0 Å². The Morgan fingerprint density at radius 2 is 1.87 bits per heavy atom. The van der Waals surface area contributed by atoms with Crippen molar-refractivity contribution in [1.82, 2.24) is 5.48 Å². The van der Waals surface area contributed by atoms with Crippen LogP contribution in [-0.2, 0) is 9.57 Å². The fraction of sp³-hybridized carbons (Fsp3) is 0.588. The van der Waals surface area contributed by atoms with Gasteiger partial charge < -0.3 is 15.0 Å². The summed E-state index contributed by atoms with van der Waals surface area (Å²) in [7, 11) is 0. The Morgan fingerprint density at radius 3 is 2.57 bits per heavy atom. The van der Waals surface area contributed by atoms with Gasteiger partial charge in [0.15, 0.2) is 6.29 Å². The zero-order valence-corrected chi connectivity index (χ0v) is 13.4. The van der Waals surface area contributed by atoms with Gasteiger partial charge in [-0.25, -0.2) is 15.1 Å². The van der Waals surface area contributed by atoms with Crippen LogP contribution in [0, 0.1) is 0 Å². The summed E-state index contributed by atoms with van der Waals surface area (Å²) in [5.41, 5.74) is 4.35. The van der Waals surface area contributed by atoms with E-state index >= 15 is 0 Å². The van der Waals surface area contributed by atoms with Crippen LogP contribution >= 0.6 is 0 Å². The molecule has 2 aliphatic heterocycles. The number of benzene rings is 1. The predicted octanol–water partition coefficient (Wildman–Crippen LogP) is 3.26. The number of anilines is 2. The third-order valence-corrected chi connectivity index (χ3v) is 4.27. The summed E-state index contributed by atoms with van der Waals surface area (Å²) in [6, 6.07) is 7.55. The van der Waals surface area contributed by atoms with Crippen molar-refractivity contribution in [3.63, 3.8) is 0 Å². The van der Waals surface area contributed by atoms with Crippen molar-refractivity contribution in [3.8, 4) is 0 Å². The van der Waals surface area contributed by atoms with Gasteiger partial charge in [0.2, 0.25) is 0 Å². The number of nitrogens with zero attached hydrogens (tertiary/aromatic N) is 1. The van der Waals surface area contributed by atoms with E-state index in [2.05, 4.69) is 15.7 Å². The van der Waals surface area contributed by atoms with E-state index in [1.54, 1.807) is 0 Å². The second-order valence-corrected chi connectivity index (χ2v) is 6.06. The number of rotatable bonds is 4. The Morgan fingerprint density at radius 1 is 1.09 bits per heavy atom. The van der Waals surface area contributed by atoms with Crippen molar-refractivity contribution >= 4 is 17.4 Å². The largest absolute Gasteiger partial charge is 0.372 e. The first-order valence-electron chi connectivity index (χ1n) is 8.50. The Hall–Kier alpha value is -1.79. The van der Waals surface area contributed by atoms with Crippen LogP contribution in [0.15, 0.2) is 24.3 Å². The first kappa shape index (κ1) is 16.1. The van der Waals surface area contributed by atoms with E-state index in [4.69, 9.17) is 9.57 Å². The van der Waals surface area contributed by atoms with Crippen LogP contribution in [0.5, 0.6) is 0 Å². The zero-order valence-electron chi connectivity index (χ0n) is 13.4. The molecule has 0 aromatic heterocycles. The van der Waals surface area contributed by atoms with Gasteiger partial charge in [-0.05, 0) is 56.4 Å². The minimum atomic E-state index is -0.384. The topological polar surface area (TPSA) is 62.8 Å². The minimum Gasteiger partial charge on any atom is -0.372 e. The monoisotopic (exact) mass is 319 g/mol. The molecule has 1 aromatic carbocycles. The molecule has 2 aliphatic rings. The Labute approximate surface area is 137 Å². The summed E-state index contributed by atoms with van der Waals surface area (Å²) in [5.74, 6) is 0. The molecule has 6 nitrogen and oxygen atoms in total. The third-order valence-electron chi connectivity index (χ3n) is 4.27. The summed E-state index contributed by atoms with van der Waals surface area (Å²) in [6.07, 6.45) is 6.41. The zero-order chi connectivity index (χ0) is 15.9. The highest BCUT2D eigenvalue weighted by atomic mass is 16.8. The van der Waals surface area contributed by atoms with Gasteiger partial charge in [-0.15, -0.1) is 0 Å². The molecule has 1 atom stereocenters. The van der Waals surface area contributed by atoms with Crippen molar-refractivity contribution in [2.24, 2.45) is 0 Å². The Kier molecular flexibility index (Phi) is 5.71. The number of hydrogen-bond acceptors (Lipinski definition) is 4. The predicted molar refractivity (Wildman–Crippen MR) is 89.3 cm³/mol. The lowest BCUT2D eigenvalue weighted by Crippen LogP contribution is -2.35. The summed E-state index contributed by atoms with van der Waals surface area (Å²) in [6.45, 7) is 2.91. The van der Waals surface area contributed by atoms with Crippen molar-refractivity contribution in [3.05, 3.63) is 24.3 Å². The van der Waals surface area contributed by atoms with E-state index in [1.165, 1.54) is 24.9 Å². The number of piperidine rings is 1. The first-order valence-corrected chi connectivity index (χ1v) is 8.50. The van der Waals surface area contributed by atoms with Crippen LogP contribution in [0.4, 0.5) is 16.2 Å². The smallest absolute Gasteiger partial charge is 0.343 e. The van der Waals surface area contributed by atoms with Crippen molar-refractivity contribution in [1.29, 1.82) is 0 Å². The Bertz CT molecular complexity index is 494. The second-order valence-electron chi connectivity index (χ2n) is 6.06. The lowest BCUT2D eigenvalue weighted by atomic mass is 10.1. The quantitative estimate of drug-likeness (QED) is 0.836. The number of hydroxylamine groups is 1. The maximum Gasteiger partial charge on any atom is 0.343 e. The van der Waals surface area contributed by atoms with Crippen LogP contribution in [0.1, 0.15) is 38.5 Å². The number of hydrogen-bond donors (Lipinski definition) is 2. The number of urea groups is 1. The van der Waals surface area contributed by atoms with Crippen molar-refractivity contribution in [2.75, 3.05) is 29.9 Å². The molecule has 0 bridgehead atoms. The van der Waals surface area contributed by atoms with Crippen molar-refractivity contribution < 1.29 is 14.4 Å². The molecule has 23 heavy (non-hydrogen) atoms. The van der Waals surface area contributed by atoms with E-state index in [-0.39, 0.29) is 12.3 Å². The van der Waals surface area contributed by atoms with E-state index in [0.717, 1.165) is 38.0 Å². The standard InChI is InChI=1S/C17H25N3O3/c21-17(19-23-16-6-2-5-13-22-16)18-14-7-9-15(10-8-14)20-11-3-1-4-12-20/h7-10,16H,1-6,11-13H2,(H2,18,19,21)/t16-/m1/s1. The molecule has 0 aliphatic carbocycles. The average Bonchev–Trinajstić information content (AvgIpc) is 2.62. The maximum absolute atomic E-state index is 11.8. The number of nitrogens with one attached hydrogen (secondary N) is 2. The van der Waals surface area contributed by atoms with E-state index in [1.807, 2.05) is 24.3 Å². The summed E-state index contributed by atoms with van der Waals surface area (Å²) >= 11 is 0. The van der Waals surface area contributed by atoms with Crippen LogP contribution < -0.4 is 15.7 Å². The molecule has 0 radical (unpaired) electrons. The minimum absolute atomic E-state index is 0.337. The SMILES string of the molecule is O=C(NO[C@@H]1CCCCO1)Nc1ccc(N2CCCCC2)cc1. The molecule has 0 unspecified atom stereocenters. The van der Waals surface area contributed by atoms with Crippen LogP contribution in [0.25, 0.3) is 0 Å². The lowest BCUT2D eigenvalue weighted by Gasteiger charge is -2.28. The summed E-state index contributed by atoms with van der Waals surface area (Å²) in [5, 5.41) is 2.76. The summed E-state index contributed by atoms with van der Waals surface area (Å²) in [4.78, 5) is 19.5. The van der Waals surface area contributed by atoms with Crippen LogP contribution in [0.3, 0.4) is 0 Å². The number of carbonyl (C=O) groups is 1. The number of carbonyl (C=O) groups excluding carboxylic acids is 1. The van der Waals surface area contributed by atoms with E-state index in [9.17, 15) is 4.79 Å². The molecule has 2 amide bonds. The Balaban J connectivity index is 1.44. The third kappa shape index (κ3) is 4.84. The molecule has 1 aromatic rings. The van der Waals surface area contributed by atoms with Gasteiger partial charge in [0.25, 0.3) is 0 Å². The molecule has 2 N–H and O–H groups in total. The van der Waals surface area contributed by atoms with E-state index < -0.39 is 0 Å². The molecular weight excluding hydrogens is 294 g/mol. The molecule has 0 spiro atoms. The van der Waals surface area contributed by atoms with Gasteiger partial charge in [-0.1, -0.05) is 0 Å². The molecule has 2 fully saturated rings. The van der Waals surface area contributed by atoms with Crippen LogP contribution in [-0.4, -0.2) is 32.0 Å². The molecule has 6 heteroatoms. The highest BCUT2D eigenvalue weighted by molar-refractivity contribution is 5.88. The van der Waals surface area contributed by atoms with Gasteiger partial charge in [0.05, 0.1) is 0 Å². The molecule has 2 heterocycles. The molecule has 126 valence electrons. The van der Waals surface area contributed by atoms with Gasteiger partial charge in [-0.3, -0.25) is 0 Å². The van der Waals surface area contributed by atoms with E-state index in [0.29, 0.717) is 6.61 Å². The fourth-order valence-corrected chi connectivity index (χ4v) is 2.99. The lowest BCUT2D eigenvalue weighted by molar-refractivity contribution is -0.185. The molecule has 2 saturated heterocycles. The number of ether oxygens (including phenoxy) is 1. The molecule has 3 rings (SSSR count). The van der Waals surface area contributed by atoms with Gasteiger partial charge in [0, 0.05) is 37.5 Å². The number of amides is 2. The van der Waals surface area contributed by atoms with Gasteiger partial charge in [0.1, 0.15) is 0 Å². The fourth-order valence-electron chi connectivity index (χ4n) is 2.99. The summed E-state index contributed by atoms with van der Waals surface area (Å²) < 4.78 is 5.39. The van der Waals surface area contributed by atoms with Crippen LogP contribution in [0.2, 0.25) is 0 Å². The van der Waals surface area contributed by atoms with Crippen molar-refractivity contribution in [2.45, 2.75) is 44.8 Å². The highest BCUT2D eigenvalue weighted by Gasteiger charge is 2.16. The average molecular weight is 319 g/mol. The normalized spacial score (nSPS) is 21.7. The molecule has 0 saturated carbocycles.